The fourth-order valence-corrected chi connectivity index (χ4v) is 1.02. The first-order chi connectivity index (χ1) is 6.14. The summed E-state index contributed by atoms with van der Waals surface area (Å²) < 4.78 is 0. The molecular formula is C9H14N2O2. The highest BCUT2D eigenvalue weighted by atomic mass is 16.3. The van der Waals surface area contributed by atoms with Gasteiger partial charge < -0.3 is 10.4 Å². The van der Waals surface area contributed by atoms with Gasteiger partial charge in [0, 0.05) is 13.2 Å². The van der Waals surface area contributed by atoms with Crippen LogP contribution in [0.15, 0.2) is 0 Å². The average molecular weight is 182 g/mol. The van der Waals surface area contributed by atoms with Crippen molar-refractivity contribution >= 4 is 5.91 Å². The SMILES string of the molecule is CC(CO)CNC(=O)C1(C#N)CC1. The molecule has 1 saturated carbocycles. The number of nitrogens with zero attached hydrogens (tertiary/aromatic N) is 1. The number of nitrogens with one attached hydrogen (secondary N) is 1. The quantitative estimate of drug-likeness (QED) is 0.644. The Kier molecular flexibility index (Phi) is 2.89. The highest BCUT2D eigenvalue weighted by Gasteiger charge is 2.50. The first kappa shape index (κ1) is 10.0. The maximum atomic E-state index is 11.4. The molecule has 4 nitrogen and oxygen atoms in total. The molecule has 1 aliphatic carbocycles. The van der Waals surface area contributed by atoms with Gasteiger partial charge in [0.25, 0.3) is 0 Å². The number of aliphatic hydroxyl groups excluding tert-OH is 1. The first-order valence-electron chi connectivity index (χ1n) is 4.45. The molecule has 0 aromatic heterocycles. The van der Waals surface area contributed by atoms with Crippen LogP contribution in [-0.4, -0.2) is 24.2 Å². The fraction of sp³-hybridized carbons (Fsp3) is 0.778. The molecule has 0 saturated heterocycles. The molecule has 72 valence electrons. The van der Waals surface area contributed by atoms with Crippen molar-refractivity contribution in [1.29, 1.82) is 5.26 Å². The second-order valence-electron chi connectivity index (χ2n) is 3.69. The summed E-state index contributed by atoms with van der Waals surface area (Å²) >= 11 is 0. The van der Waals surface area contributed by atoms with Crippen molar-refractivity contribution in [2.24, 2.45) is 11.3 Å². The predicted octanol–water partition coefficient (Wildman–Crippen LogP) is 0.0348. The molecule has 2 N–H and O–H groups in total. The highest BCUT2D eigenvalue weighted by Crippen LogP contribution is 2.44. The van der Waals surface area contributed by atoms with Gasteiger partial charge in [0.15, 0.2) is 0 Å². The van der Waals surface area contributed by atoms with Crippen LogP contribution >= 0.6 is 0 Å². The number of nitriles is 1. The third kappa shape index (κ3) is 2.19. The summed E-state index contributed by atoms with van der Waals surface area (Å²) in [5, 5.41) is 20.1. The van der Waals surface area contributed by atoms with E-state index in [4.69, 9.17) is 10.4 Å². The lowest BCUT2D eigenvalue weighted by molar-refractivity contribution is -0.124. The third-order valence-electron chi connectivity index (χ3n) is 2.32. The standard InChI is InChI=1S/C9H14N2O2/c1-7(5-12)4-11-8(13)9(6-10)2-3-9/h7,12H,2-5H2,1H3,(H,11,13). The molecule has 0 heterocycles. The number of hydrogen-bond donors (Lipinski definition) is 2. The van der Waals surface area contributed by atoms with Crippen LogP contribution in [0.1, 0.15) is 19.8 Å². The summed E-state index contributed by atoms with van der Waals surface area (Å²) in [6.45, 7) is 2.34. The fourth-order valence-electron chi connectivity index (χ4n) is 1.02. The predicted molar refractivity (Wildman–Crippen MR) is 46.5 cm³/mol. The molecule has 0 bridgehead atoms. The Bertz CT molecular complexity index is 240. The van der Waals surface area contributed by atoms with Crippen molar-refractivity contribution in [3.63, 3.8) is 0 Å². The van der Waals surface area contributed by atoms with E-state index in [-0.39, 0.29) is 18.4 Å². The summed E-state index contributed by atoms with van der Waals surface area (Å²) in [6, 6.07) is 2.02. The van der Waals surface area contributed by atoms with Crippen LogP contribution in [0.4, 0.5) is 0 Å². The van der Waals surface area contributed by atoms with Crippen LogP contribution in [0.25, 0.3) is 0 Å². The molecule has 1 atom stereocenters. The lowest BCUT2D eigenvalue weighted by Gasteiger charge is -2.11. The Labute approximate surface area is 77.6 Å². The van der Waals surface area contributed by atoms with E-state index in [0.717, 1.165) is 0 Å². The van der Waals surface area contributed by atoms with Crippen LogP contribution < -0.4 is 5.32 Å². The second-order valence-corrected chi connectivity index (χ2v) is 3.69. The minimum absolute atomic E-state index is 0.0541. The number of carbonyl (C=O) groups excluding carboxylic acids is 1. The molecule has 0 aliphatic heterocycles. The number of rotatable bonds is 4. The molecule has 1 unspecified atom stereocenters. The van der Waals surface area contributed by atoms with Crippen LogP contribution in [0.3, 0.4) is 0 Å². The van der Waals surface area contributed by atoms with Crippen LogP contribution in [0.2, 0.25) is 0 Å². The number of aliphatic hydroxyl groups is 1. The van der Waals surface area contributed by atoms with Crippen molar-refractivity contribution in [3.8, 4) is 6.07 Å². The Balaban J connectivity index is 2.31. The van der Waals surface area contributed by atoms with E-state index in [1.54, 1.807) is 0 Å². The zero-order valence-corrected chi connectivity index (χ0v) is 7.71. The minimum atomic E-state index is -0.741. The highest BCUT2D eigenvalue weighted by molar-refractivity contribution is 5.88. The average Bonchev–Trinajstić information content (AvgIpc) is 2.94. The Morgan fingerprint density at radius 1 is 1.77 bits per heavy atom. The molecular weight excluding hydrogens is 168 g/mol. The van der Waals surface area contributed by atoms with E-state index in [2.05, 4.69) is 5.32 Å². The Hall–Kier alpha value is -1.08. The summed E-state index contributed by atoms with van der Waals surface area (Å²) in [6.07, 6.45) is 1.34. The largest absolute Gasteiger partial charge is 0.396 e. The van der Waals surface area contributed by atoms with Gasteiger partial charge in [0.2, 0.25) is 5.91 Å². The molecule has 1 amide bonds. The molecule has 0 radical (unpaired) electrons. The monoisotopic (exact) mass is 182 g/mol. The maximum Gasteiger partial charge on any atom is 0.240 e. The molecule has 4 heteroatoms. The van der Waals surface area contributed by atoms with Gasteiger partial charge in [-0.25, -0.2) is 0 Å². The molecule has 0 spiro atoms. The van der Waals surface area contributed by atoms with Gasteiger partial charge in [0.1, 0.15) is 5.41 Å². The maximum absolute atomic E-state index is 11.4. The minimum Gasteiger partial charge on any atom is -0.396 e. The zero-order valence-electron chi connectivity index (χ0n) is 7.71. The molecule has 1 aliphatic rings. The van der Waals surface area contributed by atoms with Crippen LogP contribution in [-0.2, 0) is 4.79 Å². The summed E-state index contributed by atoms with van der Waals surface area (Å²) in [4.78, 5) is 11.4. The van der Waals surface area contributed by atoms with E-state index >= 15 is 0 Å². The van der Waals surface area contributed by atoms with Crippen molar-refractivity contribution in [2.45, 2.75) is 19.8 Å². The van der Waals surface area contributed by atoms with Gasteiger partial charge in [-0.1, -0.05) is 6.92 Å². The molecule has 1 rings (SSSR count). The summed E-state index contributed by atoms with van der Waals surface area (Å²) in [5.41, 5.74) is -0.741. The van der Waals surface area contributed by atoms with Gasteiger partial charge in [-0.15, -0.1) is 0 Å². The van der Waals surface area contributed by atoms with Crippen molar-refractivity contribution in [2.75, 3.05) is 13.2 Å². The normalized spacial score (nSPS) is 20.1. The Morgan fingerprint density at radius 3 is 2.77 bits per heavy atom. The molecule has 13 heavy (non-hydrogen) atoms. The molecule has 0 aromatic carbocycles. The van der Waals surface area contributed by atoms with Gasteiger partial charge >= 0.3 is 0 Å². The van der Waals surface area contributed by atoms with Gasteiger partial charge in [0.05, 0.1) is 6.07 Å². The van der Waals surface area contributed by atoms with Crippen molar-refractivity contribution in [3.05, 3.63) is 0 Å². The smallest absolute Gasteiger partial charge is 0.240 e. The first-order valence-corrected chi connectivity index (χ1v) is 4.45. The number of amides is 1. The van der Waals surface area contributed by atoms with Crippen LogP contribution in [0, 0.1) is 22.7 Å². The lowest BCUT2D eigenvalue weighted by Crippen LogP contribution is -2.35. The molecule has 0 aromatic rings. The lowest BCUT2D eigenvalue weighted by atomic mass is 10.1. The summed E-state index contributed by atoms with van der Waals surface area (Å²) in [5.74, 6) is -0.131. The van der Waals surface area contributed by atoms with E-state index in [0.29, 0.717) is 19.4 Å². The zero-order chi connectivity index (χ0) is 9.90. The Morgan fingerprint density at radius 2 is 2.38 bits per heavy atom. The van der Waals surface area contributed by atoms with E-state index in [1.807, 2.05) is 13.0 Å². The van der Waals surface area contributed by atoms with Gasteiger partial charge in [-0.3, -0.25) is 4.79 Å². The van der Waals surface area contributed by atoms with Crippen molar-refractivity contribution in [1.82, 2.24) is 5.32 Å². The third-order valence-corrected chi connectivity index (χ3v) is 2.32. The number of carbonyl (C=O) groups is 1. The van der Waals surface area contributed by atoms with E-state index < -0.39 is 5.41 Å². The second kappa shape index (κ2) is 3.75. The van der Waals surface area contributed by atoms with E-state index in [9.17, 15) is 4.79 Å². The number of hydrogen-bond acceptors (Lipinski definition) is 3. The van der Waals surface area contributed by atoms with E-state index in [1.165, 1.54) is 0 Å². The van der Waals surface area contributed by atoms with Crippen LogP contribution in [0.5, 0.6) is 0 Å². The van der Waals surface area contributed by atoms with Gasteiger partial charge in [-0.2, -0.15) is 5.26 Å². The molecule has 1 fully saturated rings. The topological polar surface area (TPSA) is 73.1 Å². The van der Waals surface area contributed by atoms with Crippen molar-refractivity contribution < 1.29 is 9.90 Å². The summed E-state index contributed by atoms with van der Waals surface area (Å²) in [7, 11) is 0. The van der Waals surface area contributed by atoms with Gasteiger partial charge in [-0.05, 0) is 18.8 Å².